The summed E-state index contributed by atoms with van der Waals surface area (Å²) in [5, 5.41) is 7.70. The molecule has 0 atom stereocenters. The van der Waals surface area contributed by atoms with Crippen molar-refractivity contribution >= 4 is 11.9 Å². The monoisotopic (exact) mass is 173 g/mol. The summed E-state index contributed by atoms with van der Waals surface area (Å²) in [4.78, 5) is 21.8. The second-order valence-corrected chi connectivity index (χ2v) is 1.63. The summed E-state index contributed by atoms with van der Waals surface area (Å²) < 4.78 is 4.40. The first-order valence-corrected chi connectivity index (χ1v) is 3.23. The minimum absolute atomic E-state index is 0.211. The molecule has 0 heterocycles. The Morgan fingerprint density at radius 3 is 2.08 bits per heavy atom. The number of hydrogen-bond acceptors (Lipinski definition) is 3. The van der Waals surface area contributed by atoms with Gasteiger partial charge in [0.2, 0.25) is 0 Å². The van der Waals surface area contributed by atoms with Gasteiger partial charge in [-0.2, -0.15) is 0 Å². The largest absolute Gasteiger partial charge is 0.476 e. The first-order valence-electron chi connectivity index (χ1n) is 3.23. The van der Waals surface area contributed by atoms with E-state index in [0.29, 0.717) is 6.61 Å². The number of carboxylic acid groups (broad SMARTS) is 1. The van der Waals surface area contributed by atoms with Crippen LogP contribution in [0.15, 0.2) is 0 Å². The normalized spacial score (nSPS) is 7.08. The van der Waals surface area contributed by atoms with Gasteiger partial charge in [-0.3, -0.25) is 4.79 Å². The Balaban J connectivity index is 0. The summed E-state index contributed by atoms with van der Waals surface area (Å²) in [7, 11) is 0. The van der Waals surface area contributed by atoms with Crippen molar-refractivity contribution in [2.45, 2.75) is 13.8 Å². The summed E-state index contributed by atoms with van der Waals surface area (Å²) in [6.45, 7) is 9.21. The standard InChI is InChI=1S/C4H8O2.C3H3NO2/c1-3-6-4(2)5;1-4-2-3(5)6/h3H2,1-2H3;2H2,(H,5,6). The molecule has 0 amide bonds. The number of rotatable bonds is 2. The molecule has 5 nitrogen and oxygen atoms in total. The summed E-state index contributed by atoms with van der Waals surface area (Å²) in [6, 6.07) is 0. The van der Waals surface area contributed by atoms with Crippen LogP contribution in [-0.2, 0) is 14.3 Å². The fourth-order valence-electron chi connectivity index (χ4n) is 0.271. The Labute approximate surface area is 70.8 Å². The zero-order valence-electron chi connectivity index (χ0n) is 7.03. The van der Waals surface area contributed by atoms with Gasteiger partial charge in [-0.1, -0.05) is 0 Å². The molecule has 5 heteroatoms. The molecule has 0 saturated carbocycles. The highest BCUT2D eigenvalue weighted by atomic mass is 16.5. The van der Waals surface area contributed by atoms with E-state index in [1.807, 2.05) is 0 Å². The van der Waals surface area contributed by atoms with Gasteiger partial charge in [0.1, 0.15) is 0 Å². The number of nitrogens with zero attached hydrogens (tertiary/aromatic N) is 1. The molecule has 12 heavy (non-hydrogen) atoms. The molecule has 0 spiro atoms. The SMILES string of the molecule is CCOC(C)=O.[C-]#[N+]CC(=O)O. The molecule has 0 aromatic heterocycles. The van der Waals surface area contributed by atoms with Crippen molar-refractivity contribution in [3.63, 3.8) is 0 Å². The van der Waals surface area contributed by atoms with Crippen LogP contribution in [0.4, 0.5) is 0 Å². The van der Waals surface area contributed by atoms with Crippen LogP contribution in [0.2, 0.25) is 0 Å². The molecule has 0 aliphatic carbocycles. The predicted molar refractivity (Wildman–Crippen MR) is 41.4 cm³/mol. The van der Waals surface area contributed by atoms with E-state index in [4.69, 9.17) is 11.7 Å². The smallest absolute Gasteiger partial charge is 0.384 e. The van der Waals surface area contributed by atoms with Crippen molar-refractivity contribution in [1.29, 1.82) is 0 Å². The molecule has 0 aromatic rings. The van der Waals surface area contributed by atoms with E-state index in [-0.39, 0.29) is 5.97 Å². The van der Waals surface area contributed by atoms with Gasteiger partial charge in [-0.05, 0) is 6.92 Å². The van der Waals surface area contributed by atoms with Crippen LogP contribution in [0, 0.1) is 6.57 Å². The minimum atomic E-state index is -1.06. The lowest BCUT2D eigenvalue weighted by Gasteiger charge is -1.89. The van der Waals surface area contributed by atoms with Crippen LogP contribution in [0.25, 0.3) is 4.85 Å². The molecule has 0 aliphatic heterocycles. The van der Waals surface area contributed by atoms with Crippen LogP contribution in [0.5, 0.6) is 0 Å². The lowest BCUT2D eigenvalue weighted by atomic mass is 10.7. The maximum absolute atomic E-state index is 9.82. The van der Waals surface area contributed by atoms with E-state index < -0.39 is 12.5 Å². The third-order valence-electron chi connectivity index (χ3n) is 0.562. The van der Waals surface area contributed by atoms with E-state index in [1.54, 1.807) is 6.92 Å². The van der Waals surface area contributed by atoms with Gasteiger partial charge in [-0.25, -0.2) is 11.4 Å². The number of carbonyl (C=O) groups is 2. The highest BCUT2D eigenvalue weighted by Gasteiger charge is 1.92. The number of carbonyl (C=O) groups excluding carboxylic acids is 1. The summed E-state index contributed by atoms with van der Waals surface area (Å²) in [6.07, 6.45) is 0. The lowest BCUT2D eigenvalue weighted by Crippen LogP contribution is -1.95. The van der Waals surface area contributed by atoms with Gasteiger partial charge in [0.25, 0.3) is 0 Å². The average Bonchev–Trinajstić information content (AvgIpc) is 1.87. The van der Waals surface area contributed by atoms with Crippen molar-refractivity contribution in [3.05, 3.63) is 11.4 Å². The van der Waals surface area contributed by atoms with E-state index in [2.05, 4.69) is 9.58 Å². The molecule has 1 N–H and O–H groups in total. The molecule has 0 radical (unpaired) electrons. The first-order chi connectivity index (χ1) is 5.54. The zero-order chi connectivity index (χ0) is 9.98. The number of aliphatic carboxylic acids is 1. The van der Waals surface area contributed by atoms with Gasteiger partial charge in [0, 0.05) is 6.92 Å². The lowest BCUT2D eigenvalue weighted by molar-refractivity contribution is -0.140. The van der Waals surface area contributed by atoms with Crippen molar-refractivity contribution in [3.8, 4) is 0 Å². The molecule has 0 bridgehead atoms. The minimum Gasteiger partial charge on any atom is -0.476 e. The van der Waals surface area contributed by atoms with Crippen LogP contribution < -0.4 is 0 Å². The van der Waals surface area contributed by atoms with Crippen molar-refractivity contribution in [2.75, 3.05) is 13.2 Å². The fourth-order valence-corrected chi connectivity index (χ4v) is 0.271. The predicted octanol–water partition coefficient (Wildman–Crippen LogP) is 0.560. The number of ether oxygens (including phenoxy) is 1. The molecule has 0 aliphatic rings. The van der Waals surface area contributed by atoms with Crippen LogP contribution in [-0.4, -0.2) is 30.2 Å². The molecular weight excluding hydrogens is 162 g/mol. The summed E-state index contributed by atoms with van der Waals surface area (Å²) >= 11 is 0. The van der Waals surface area contributed by atoms with Gasteiger partial charge < -0.3 is 14.7 Å². The van der Waals surface area contributed by atoms with E-state index in [0.717, 1.165) is 0 Å². The number of hydrogen-bond donors (Lipinski definition) is 1. The van der Waals surface area contributed by atoms with E-state index in [9.17, 15) is 9.59 Å². The Morgan fingerprint density at radius 1 is 1.58 bits per heavy atom. The molecule has 68 valence electrons. The zero-order valence-corrected chi connectivity index (χ0v) is 7.03. The Morgan fingerprint density at radius 2 is 2.08 bits per heavy atom. The van der Waals surface area contributed by atoms with Gasteiger partial charge in [-0.15, -0.1) is 0 Å². The maximum atomic E-state index is 9.82. The second kappa shape index (κ2) is 9.43. The molecule has 0 fully saturated rings. The van der Waals surface area contributed by atoms with Gasteiger partial charge in [0.05, 0.1) is 6.61 Å². The topological polar surface area (TPSA) is 68.0 Å². The Bertz CT molecular complexity index is 182. The third kappa shape index (κ3) is 23.7. The average molecular weight is 173 g/mol. The molecule has 0 rings (SSSR count). The molecule has 0 unspecified atom stereocenters. The Hall–Kier alpha value is -1.57. The summed E-state index contributed by atoms with van der Waals surface area (Å²) in [5.41, 5.74) is 0. The number of carboxylic acids is 1. The van der Waals surface area contributed by atoms with E-state index in [1.165, 1.54) is 6.92 Å². The summed E-state index contributed by atoms with van der Waals surface area (Å²) in [5.74, 6) is -1.28. The molecule has 0 saturated heterocycles. The quantitative estimate of drug-likeness (QED) is 0.489. The van der Waals surface area contributed by atoms with Gasteiger partial charge in [0.15, 0.2) is 0 Å². The fraction of sp³-hybridized carbons (Fsp3) is 0.571. The Kier molecular flexibility index (Phi) is 10.3. The second-order valence-electron chi connectivity index (χ2n) is 1.63. The van der Waals surface area contributed by atoms with Crippen molar-refractivity contribution in [1.82, 2.24) is 0 Å². The van der Waals surface area contributed by atoms with Crippen molar-refractivity contribution < 1.29 is 19.4 Å². The van der Waals surface area contributed by atoms with Crippen LogP contribution in [0.3, 0.4) is 0 Å². The van der Waals surface area contributed by atoms with Crippen LogP contribution >= 0.6 is 0 Å². The number of esters is 1. The maximum Gasteiger partial charge on any atom is 0.384 e. The highest BCUT2D eigenvalue weighted by Crippen LogP contribution is 1.69. The highest BCUT2D eigenvalue weighted by molar-refractivity contribution is 5.70. The van der Waals surface area contributed by atoms with Crippen molar-refractivity contribution in [2.24, 2.45) is 0 Å². The van der Waals surface area contributed by atoms with Gasteiger partial charge >= 0.3 is 18.5 Å². The van der Waals surface area contributed by atoms with E-state index >= 15 is 0 Å². The molecular formula is C7H11NO4. The van der Waals surface area contributed by atoms with Crippen LogP contribution in [0.1, 0.15) is 13.8 Å². The third-order valence-corrected chi connectivity index (χ3v) is 0.562. The first kappa shape index (κ1) is 13.1. The molecule has 0 aromatic carbocycles.